The number of rotatable bonds is 4. The number of anilines is 1. The van der Waals surface area contributed by atoms with Gasteiger partial charge in [0.15, 0.2) is 0 Å². The Kier molecular flexibility index (Phi) is 5.41. The normalized spacial score (nSPS) is 33.0. The lowest BCUT2D eigenvalue weighted by Gasteiger charge is -2.39. The zero-order valence-corrected chi connectivity index (χ0v) is 11.7. The van der Waals surface area contributed by atoms with E-state index in [1.165, 1.54) is 12.1 Å². The molecular formula is C12H17NO7S. The molecule has 1 aromatic rings. The molecule has 8 nitrogen and oxygen atoms in total. The van der Waals surface area contributed by atoms with Gasteiger partial charge in [0, 0.05) is 4.90 Å². The van der Waals surface area contributed by atoms with Gasteiger partial charge in [0.2, 0.25) is 0 Å². The summed E-state index contributed by atoms with van der Waals surface area (Å²) in [5.41, 5.74) is -0.709. The van der Waals surface area contributed by atoms with E-state index >= 15 is 0 Å². The molecule has 1 aromatic carbocycles. The molecule has 0 spiro atoms. The second-order valence-electron chi connectivity index (χ2n) is 4.60. The average Bonchev–Trinajstić information content (AvgIpc) is 2.48. The Morgan fingerprint density at radius 2 is 1.62 bits per heavy atom. The maximum atomic E-state index is 9.90. The van der Waals surface area contributed by atoms with Gasteiger partial charge in [-0.05, 0) is 24.3 Å². The van der Waals surface area contributed by atoms with E-state index in [4.69, 9.17) is 20.3 Å². The van der Waals surface area contributed by atoms with E-state index in [1.54, 1.807) is 12.1 Å². The molecule has 0 saturated carbocycles. The van der Waals surface area contributed by atoms with Crippen LogP contribution in [-0.2, 0) is 4.74 Å². The highest BCUT2D eigenvalue weighted by molar-refractivity contribution is 7.99. The van der Waals surface area contributed by atoms with Gasteiger partial charge in [-0.2, -0.15) is 0 Å². The van der Waals surface area contributed by atoms with Gasteiger partial charge in [0.05, 0.1) is 12.3 Å². The number of benzene rings is 1. The van der Waals surface area contributed by atoms with Crippen molar-refractivity contribution in [1.82, 2.24) is 0 Å². The van der Waals surface area contributed by atoms with Crippen molar-refractivity contribution in [3.8, 4) is 0 Å². The SMILES string of the molecule is OC[C@H]1O[C@@H](Sc2ccc(N(O)O)cc2)[C@H](O)[C@@H](O)[C@@H]1O. The van der Waals surface area contributed by atoms with Crippen molar-refractivity contribution in [3.63, 3.8) is 0 Å². The number of ether oxygens (including phenoxy) is 1. The molecule has 0 aromatic heterocycles. The highest BCUT2D eigenvalue weighted by Gasteiger charge is 2.43. The minimum absolute atomic E-state index is 0.0255. The quantitative estimate of drug-likeness (QED) is 0.393. The first kappa shape index (κ1) is 16.5. The number of aliphatic hydroxyl groups excluding tert-OH is 4. The van der Waals surface area contributed by atoms with Gasteiger partial charge in [-0.15, -0.1) is 5.23 Å². The molecule has 1 aliphatic rings. The van der Waals surface area contributed by atoms with E-state index in [-0.39, 0.29) is 10.9 Å². The van der Waals surface area contributed by atoms with E-state index in [1.807, 2.05) is 0 Å². The second-order valence-corrected chi connectivity index (χ2v) is 5.77. The minimum atomic E-state index is -1.42. The molecule has 118 valence electrons. The molecule has 1 heterocycles. The van der Waals surface area contributed by atoms with Crippen LogP contribution in [-0.4, -0.2) is 67.3 Å². The molecule has 1 aliphatic heterocycles. The Labute approximate surface area is 124 Å². The molecule has 0 unspecified atom stereocenters. The first-order valence-electron chi connectivity index (χ1n) is 6.19. The Morgan fingerprint density at radius 1 is 1.00 bits per heavy atom. The molecule has 21 heavy (non-hydrogen) atoms. The summed E-state index contributed by atoms with van der Waals surface area (Å²) >= 11 is 1.08. The summed E-state index contributed by atoms with van der Waals surface area (Å²) in [6.45, 7) is -0.481. The summed E-state index contributed by atoms with van der Waals surface area (Å²) in [6.07, 6.45) is -5.08. The predicted molar refractivity (Wildman–Crippen MR) is 72.1 cm³/mol. The molecule has 0 bridgehead atoms. The maximum Gasteiger partial charge on any atom is 0.136 e. The highest BCUT2D eigenvalue weighted by Crippen LogP contribution is 2.33. The van der Waals surface area contributed by atoms with Gasteiger partial charge >= 0.3 is 0 Å². The summed E-state index contributed by atoms with van der Waals surface area (Å²) < 4.78 is 5.36. The van der Waals surface area contributed by atoms with Gasteiger partial charge in [-0.3, -0.25) is 10.4 Å². The lowest BCUT2D eigenvalue weighted by atomic mass is 10.0. The summed E-state index contributed by atoms with van der Waals surface area (Å²) in [7, 11) is 0. The van der Waals surface area contributed by atoms with Crippen LogP contribution in [0.15, 0.2) is 29.2 Å². The largest absolute Gasteiger partial charge is 0.394 e. The molecule has 2 rings (SSSR count). The maximum absolute atomic E-state index is 9.90. The summed E-state index contributed by atoms with van der Waals surface area (Å²) in [6, 6.07) is 6.01. The molecule has 0 aliphatic carbocycles. The van der Waals surface area contributed by atoms with Crippen LogP contribution in [0.5, 0.6) is 0 Å². The third-order valence-electron chi connectivity index (χ3n) is 3.17. The molecule has 1 fully saturated rings. The van der Waals surface area contributed by atoms with Crippen LogP contribution >= 0.6 is 11.8 Å². The Balaban J connectivity index is 2.07. The van der Waals surface area contributed by atoms with Gasteiger partial charge < -0.3 is 25.2 Å². The van der Waals surface area contributed by atoms with Crippen molar-refractivity contribution in [2.45, 2.75) is 34.7 Å². The van der Waals surface area contributed by atoms with Crippen molar-refractivity contribution in [2.24, 2.45) is 0 Å². The third kappa shape index (κ3) is 3.65. The predicted octanol–water partition coefficient (Wildman–Crippen LogP) is -0.837. The van der Waals surface area contributed by atoms with E-state index < -0.39 is 36.5 Å². The molecule has 9 heteroatoms. The summed E-state index contributed by atoms with van der Waals surface area (Å²) in [5, 5.41) is 56.0. The lowest BCUT2D eigenvalue weighted by molar-refractivity contribution is -0.205. The Hall–Kier alpha value is -0.910. The fraction of sp³-hybridized carbons (Fsp3) is 0.500. The molecule has 1 saturated heterocycles. The highest BCUT2D eigenvalue weighted by atomic mass is 32.2. The fourth-order valence-corrected chi connectivity index (χ4v) is 3.02. The molecule has 5 atom stereocenters. The Bertz CT molecular complexity index is 455. The van der Waals surface area contributed by atoms with Crippen LogP contribution in [0.2, 0.25) is 0 Å². The van der Waals surface area contributed by atoms with E-state index in [9.17, 15) is 15.3 Å². The van der Waals surface area contributed by atoms with Crippen LogP contribution in [0.25, 0.3) is 0 Å². The van der Waals surface area contributed by atoms with Gasteiger partial charge in [0.1, 0.15) is 29.9 Å². The molecule has 0 radical (unpaired) electrons. The Morgan fingerprint density at radius 3 is 2.14 bits per heavy atom. The van der Waals surface area contributed by atoms with Crippen molar-refractivity contribution < 1.29 is 35.6 Å². The summed E-state index contributed by atoms with van der Waals surface area (Å²) in [5.74, 6) is 0. The average molecular weight is 319 g/mol. The van der Waals surface area contributed by atoms with Crippen LogP contribution in [0.1, 0.15) is 0 Å². The summed E-state index contributed by atoms with van der Waals surface area (Å²) in [4.78, 5) is 0.643. The van der Waals surface area contributed by atoms with Crippen LogP contribution < -0.4 is 5.23 Å². The zero-order valence-electron chi connectivity index (χ0n) is 10.9. The van der Waals surface area contributed by atoms with Crippen molar-refractivity contribution in [3.05, 3.63) is 24.3 Å². The topological polar surface area (TPSA) is 134 Å². The van der Waals surface area contributed by atoms with Gasteiger partial charge in [-0.1, -0.05) is 11.8 Å². The van der Waals surface area contributed by atoms with Crippen molar-refractivity contribution in [1.29, 1.82) is 0 Å². The van der Waals surface area contributed by atoms with Gasteiger partial charge in [0.25, 0.3) is 0 Å². The van der Waals surface area contributed by atoms with E-state index in [2.05, 4.69) is 0 Å². The smallest absolute Gasteiger partial charge is 0.136 e. The monoisotopic (exact) mass is 319 g/mol. The van der Waals surface area contributed by atoms with E-state index in [0.717, 1.165) is 11.8 Å². The zero-order chi connectivity index (χ0) is 15.6. The number of nitrogens with zero attached hydrogens (tertiary/aromatic N) is 1. The second kappa shape index (κ2) is 6.90. The fourth-order valence-electron chi connectivity index (χ4n) is 1.96. The van der Waals surface area contributed by atoms with Gasteiger partial charge in [-0.25, -0.2) is 0 Å². The molecule has 6 N–H and O–H groups in total. The molecule has 0 amide bonds. The van der Waals surface area contributed by atoms with Crippen molar-refractivity contribution >= 4 is 17.4 Å². The lowest BCUT2D eigenvalue weighted by Crippen LogP contribution is -2.57. The van der Waals surface area contributed by atoms with E-state index in [0.29, 0.717) is 4.90 Å². The number of thioether (sulfide) groups is 1. The van der Waals surface area contributed by atoms with Crippen LogP contribution in [0.4, 0.5) is 5.69 Å². The van der Waals surface area contributed by atoms with Crippen LogP contribution in [0.3, 0.4) is 0 Å². The van der Waals surface area contributed by atoms with Crippen LogP contribution in [0, 0.1) is 0 Å². The van der Waals surface area contributed by atoms with Crippen molar-refractivity contribution in [2.75, 3.05) is 11.8 Å². The number of hydrogen-bond donors (Lipinski definition) is 6. The standard InChI is InChI=1S/C12H17NO7S/c14-5-8-9(15)10(16)11(17)12(20-8)21-7-3-1-6(2-4-7)13(18)19/h1-4,8-12,14-19H,5H2/t8-,9-,10+,11-,12+/m1/s1. The molecular weight excluding hydrogens is 302 g/mol. The number of hydrogen-bond acceptors (Lipinski definition) is 9. The third-order valence-corrected chi connectivity index (χ3v) is 4.33. The number of aliphatic hydroxyl groups is 4. The minimum Gasteiger partial charge on any atom is -0.394 e. The first-order chi connectivity index (χ1) is 9.93. The first-order valence-corrected chi connectivity index (χ1v) is 7.07.